The second kappa shape index (κ2) is 6.70. The lowest BCUT2D eigenvalue weighted by molar-refractivity contribution is 0.354. The van der Waals surface area contributed by atoms with Gasteiger partial charge in [0.25, 0.3) is 0 Å². The molecule has 0 aliphatic carbocycles. The predicted octanol–water partition coefficient (Wildman–Crippen LogP) is 5.45. The minimum atomic E-state index is -0.361. The lowest BCUT2D eigenvalue weighted by Gasteiger charge is -2.15. The van der Waals surface area contributed by atoms with Crippen LogP contribution in [0, 0.1) is 0 Å². The van der Waals surface area contributed by atoms with Gasteiger partial charge in [-0.15, -0.1) is 11.6 Å². The first-order chi connectivity index (χ1) is 9.58. The van der Waals surface area contributed by atoms with E-state index >= 15 is 0 Å². The highest BCUT2D eigenvalue weighted by Gasteiger charge is 2.17. The molecule has 20 heavy (non-hydrogen) atoms. The maximum Gasteiger partial charge on any atom is 0.161 e. The molecule has 106 valence electrons. The van der Waals surface area contributed by atoms with Gasteiger partial charge in [0.15, 0.2) is 11.5 Å². The Kier molecular flexibility index (Phi) is 5.19. The molecule has 0 amide bonds. The van der Waals surface area contributed by atoms with E-state index in [1.807, 2.05) is 36.4 Å². The van der Waals surface area contributed by atoms with Gasteiger partial charge in [-0.05, 0) is 45.3 Å². The molecule has 1 atom stereocenters. The molecule has 0 aliphatic rings. The molecular formula is C15H13BrCl2O2. The Bertz CT molecular complexity index is 617. The summed E-state index contributed by atoms with van der Waals surface area (Å²) in [6, 6.07) is 11.3. The molecular weight excluding hydrogens is 363 g/mol. The van der Waals surface area contributed by atoms with E-state index < -0.39 is 0 Å². The van der Waals surface area contributed by atoms with Crippen LogP contribution in [0.2, 0.25) is 5.02 Å². The number of ether oxygens (including phenoxy) is 2. The smallest absolute Gasteiger partial charge is 0.161 e. The molecule has 0 aliphatic heterocycles. The lowest BCUT2D eigenvalue weighted by atomic mass is 10.0. The van der Waals surface area contributed by atoms with Crippen LogP contribution in [-0.2, 0) is 0 Å². The van der Waals surface area contributed by atoms with E-state index in [1.165, 1.54) is 0 Å². The minimum absolute atomic E-state index is 0.361. The number of hydrogen-bond donors (Lipinski definition) is 0. The zero-order valence-corrected chi connectivity index (χ0v) is 14.1. The van der Waals surface area contributed by atoms with Gasteiger partial charge in [0, 0.05) is 4.47 Å². The highest BCUT2D eigenvalue weighted by atomic mass is 79.9. The van der Waals surface area contributed by atoms with Crippen LogP contribution in [0.15, 0.2) is 40.9 Å². The van der Waals surface area contributed by atoms with Crippen LogP contribution in [-0.4, -0.2) is 14.2 Å². The van der Waals surface area contributed by atoms with E-state index in [-0.39, 0.29) is 5.38 Å². The van der Waals surface area contributed by atoms with Crippen LogP contribution in [0.25, 0.3) is 0 Å². The van der Waals surface area contributed by atoms with Crippen LogP contribution in [0.5, 0.6) is 11.5 Å². The third-order valence-corrected chi connectivity index (χ3v) is 4.75. The monoisotopic (exact) mass is 374 g/mol. The van der Waals surface area contributed by atoms with Crippen molar-refractivity contribution in [1.29, 1.82) is 0 Å². The van der Waals surface area contributed by atoms with Gasteiger partial charge in [0.1, 0.15) is 0 Å². The molecule has 0 saturated carbocycles. The first kappa shape index (κ1) is 15.5. The summed E-state index contributed by atoms with van der Waals surface area (Å²) in [4.78, 5) is 0. The number of hydrogen-bond acceptors (Lipinski definition) is 2. The van der Waals surface area contributed by atoms with Gasteiger partial charge in [-0.1, -0.05) is 29.8 Å². The number of methoxy groups -OCH3 is 2. The topological polar surface area (TPSA) is 18.5 Å². The molecule has 2 aromatic carbocycles. The molecule has 0 heterocycles. The van der Waals surface area contributed by atoms with Crippen LogP contribution in [0.1, 0.15) is 16.5 Å². The Balaban J connectivity index is 2.43. The highest BCUT2D eigenvalue weighted by Crippen LogP contribution is 2.39. The van der Waals surface area contributed by atoms with Crippen LogP contribution in [0.3, 0.4) is 0 Å². The van der Waals surface area contributed by atoms with Crippen molar-refractivity contribution in [2.75, 3.05) is 14.2 Å². The van der Waals surface area contributed by atoms with Crippen molar-refractivity contribution in [2.45, 2.75) is 5.38 Å². The summed E-state index contributed by atoms with van der Waals surface area (Å²) in [5.41, 5.74) is 1.74. The van der Waals surface area contributed by atoms with Gasteiger partial charge < -0.3 is 9.47 Å². The fourth-order valence-corrected chi connectivity index (χ4v) is 2.90. The van der Waals surface area contributed by atoms with Crippen molar-refractivity contribution >= 4 is 39.1 Å². The highest BCUT2D eigenvalue weighted by molar-refractivity contribution is 9.10. The Morgan fingerprint density at radius 2 is 1.75 bits per heavy atom. The summed E-state index contributed by atoms with van der Waals surface area (Å²) in [7, 11) is 3.19. The third-order valence-electron chi connectivity index (χ3n) is 2.95. The Morgan fingerprint density at radius 3 is 2.40 bits per heavy atom. The average Bonchev–Trinajstić information content (AvgIpc) is 2.48. The van der Waals surface area contributed by atoms with Gasteiger partial charge in [0.05, 0.1) is 24.6 Å². The van der Waals surface area contributed by atoms with Gasteiger partial charge in [-0.25, -0.2) is 0 Å². The van der Waals surface area contributed by atoms with Crippen LogP contribution in [0.4, 0.5) is 0 Å². The Hall–Kier alpha value is -0.900. The maximum atomic E-state index is 6.53. The molecule has 2 nitrogen and oxygen atoms in total. The second-order valence-electron chi connectivity index (χ2n) is 4.12. The summed E-state index contributed by atoms with van der Waals surface area (Å²) in [5, 5.41) is 0.252. The van der Waals surface area contributed by atoms with E-state index in [1.54, 1.807) is 14.2 Å². The molecule has 0 N–H and O–H groups in total. The molecule has 0 radical (unpaired) electrons. The quantitative estimate of drug-likeness (QED) is 0.661. The van der Waals surface area contributed by atoms with Crippen molar-refractivity contribution in [3.63, 3.8) is 0 Å². The number of alkyl halides is 1. The summed E-state index contributed by atoms with van der Waals surface area (Å²) < 4.78 is 11.3. The van der Waals surface area contributed by atoms with Crippen molar-refractivity contribution in [3.05, 3.63) is 57.0 Å². The summed E-state index contributed by atoms with van der Waals surface area (Å²) in [6.07, 6.45) is 0. The maximum absolute atomic E-state index is 6.53. The molecule has 2 aromatic rings. The van der Waals surface area contributed by atoms with Gasteiger partial charge in [0.2, 0.25) is 0 Å². The largest absolute Gasteiger partial charge is 0.493 e. The van der Waals surface area contributed by atoms with E-state index in [0.29, 0.717) is 16.5 Å². The van der Waals surface area contributed by atoms with Gasteiger partial charge in [-0.2, -0.15) is 0 Å². The van der Waals surface area contributed by atoms with E-state index in [9.17, 15) is 0 Å². The van der Waals surface area contributed by atoms with Crippen LogP contribution >= 0.6 is 39.1 Å². The van der Waals surface area contributed by atoms with Crippen LogP contribution < -0.4 is 9.47 Å². The van der Waals surface area contributed by atoms with Crippen molar-refractivity contribution < 1.29 is 9.47 Å². The zero-order chi connectivity index (χ0) is 14.7. The molecule has 0 saturated heterocycles. The number of rotatable bonds is 4. The zero-order valence-electron chi connectivity index (χ0n) is 11.0. The molecule has 0 aromatic heterocycles. The van der Waals surface area contributed by atoms with Crippen molar-refractivity contribution in [3.8, 4) is 11.5 Å². The van der Waals surface area contributed by atoms with E-state index in [0.717, 1.165) is 15.6 Å². The summed E-state index contributed by atoms with van der Waals surface area (Å²) in [6.45, 7) is 0. The molecule has 5 heteroatoms. The summed E-state index contributed by atoms with van der Waals surface area (Å²) in [5.74, 6) is 1.31. The minimum Gasteiger partial charge on any atom is -0.493 e. The predicted molar refractivity (Wildman–Crippen MR) is 86.4 cm³/mol. The second-order valence-corrected chi connectivity index (χ2v) is 5.79. The normalized spacial score (nSPS) is 12.1. The van der Waals surface area contributed by atoms with Gasteiger partial charge >= 0.3 is 0 Å². The lowest BCUT2D eigenvalue weighted by Crippen LogP contribution is -1.97. The van der Waals surface area contributed by atoms with E-state index in [4.69, 9.17) is 32.7 Å². The number of halogens is 3. The Labute approximate surface area is 136 Å². The van der Waals surface area contributed by atoms with Crippen molar-refractivity contribution in [2.24, 2.45) is 0 Å². The standard InChI is InChI=1S/C15H13BrCl2O2/c1-19-12-7-6-9(8-13(12)20-2)14(17)10-4-3-5-11(16)15(10)18/h3-8,14H,1-2H3. The fourth-order valence-electron chi connectivity index (χ4n) is 1.91. The molecule has 0 bridgehead atoms. The molecule has 1 unspecified atom stereocenters. The molecule has 0 fully saturated rings. The molecule has 2 rings (SSSR count). The van der Waals surface area contributed by atoms with E-state index in [2.05, 4.69) is 15.9 Å². The first-order valence-electron chi connectivity index (χ1n) is 5.88. The third kappa shape index (κ3) is 3.05. The first-order valence-corrected chi connectivity index (χ1v) is 7.49. The Morgan fingerprint density at radius 1 is 1.05 bits per heavy atom. The number of benzene rings is 2. The summed E-state index contributed by atoms with van der Waals surface area (Å²) >= 11 is 16.2. The molecule has 0 spiro atoms. The van der Waals surface area contributed by atoms with Gasteiger partial charge in [-0.3, -0.25) is 0 Å². The van der Waals surface area contributed by atoms with Crippen molar-refractivity contribution in [1.82, 2.24) is 0 Å². The SMILES string of the molecule is COc1ccc(C(Cl)c2cccc(Br)c2Cl)cc1OC. The fraction of sp³-hybridized carbons (Fsp3) is 0.200. The average molecular weight is 376 g/mol.